The second kappa shape index (κ2) is 4.99. The van der Waals surface area contributed by atoms with Gasteiger partial charge in [0.2, 0.25) is 0 Å². The molecule has 1 N–H and O–H groups in total. The molecule has 2 heteroatoms. The van der Waals surface area contributed by atoms with Gasteiger partial charge in [-0.15, -0.1) is 0 Å². The van der Waals surface area contributed by atoms with Gasteiger partial charge in [-0.1, -0.05) is 36.4 Å². The third-order valence-corrected chi connectivity index (χ3v) is 3.84. The molecule has 0 radical (unpaired) electrons. The van der Waals surface area contributed by atoms with Crippen molar-refractivity contribution >= 4 is 10.8 Å². The molecule has 2 atom stereocenters. The standard InChI is InChI=1S/C16H19NO/c1-17-13-9-10-14(11-13)18-16-8-4-6-12-5-2-3-7-15(12)16/h2-8,13-14,17H,9-11H2,1H3. The third kappa shape index (κ3) is 2.21. The summed E-state index contributed by atoms with van der Waals surface area (Å²) in [6.45, 7) is 0. The van der Waals surface area contributed by atoms with E-state index >= 15 is 0 Å². The smallest absolute Gasteiger partial charge is 0.127 e. The zero-order valence-corrected chi connectivity index (χ0v) is 10.7. The fourth-order valence-corrected chi connectivity index (χ4v) is 2.79. The topological polar surface area (TPSA) is 21.3 Å². The molecule has 0 aliphatic heterocycles. The molecule has 3 rings (SSSR count). The van der Waals surface area contributed by atoms with Crippen molar-refractivity contribution in [2.45, 2.75) is 31.4 Å². The Balaban J connectivity index is 1.83. The number of benzene rings is 2. The molecular formula is C16H19NO. The zero-order valence-electron chi connectivity index (χ0n) is 10.7. The summed E-state index contributed by atoms with van der Waals surface area (Å²) in [6, 6.07) is 15.3. The van der Waals surface area contributed by atoms with E-state index in [4.69, 9.17) is 4.74 Å². The lowest BCUT2D eigenvalue weighted by Crippen LogP contribution is -2.23. The van der Waals surface area contributed by atoms with E-state index in [0.717, 1.165) is 18.6 Å². The molecule has 0 heterocycles. The highest BCUT2D eigenvalue weighted by atomic mass is 16.5. The van der Waals surface area contributed by atoms with E-state index in [-0.39, 0.29) is 0 Å². The molecule has 0 saturated heterocycles. The Bertz CT molecular complexity index is 532. The van der Waals surface area contributed by atoms with E-state index in [1.54, 1.807) is 0 Å². The van der Waals surface area contributed by atoms with Crippen LogP contribution in [-0.2, 0) is 0 Å². The summed E-state index contributed by atoms with van der Waals surface area (Å²) >= 11 is 0. The molecular weight excluding hydrogens is 222 g/mol. The minimum atomic E-state index is 0.355. The first-order valence-corrected chi connectivity index (χ1v) is 6.68. The Hall–Kier alpha value is -1.54. The van der Waals surface area contributed by atoms with Crippen LogP contribution in [0.15, 0.2) is 42.5 Å². The van der Waals surface area contributed by atoms with E-state index in [1.807, 2.05) is 7.05 Å². The van der Waals surface area contributed by atoms with Crippen molar-refractivity contribution in [3.05, 3.63) is 42.5 Å². The SMILES string of the molecule is CNC1CCC(Oc2cccc3ccccc23)C1. The van der Waals surface area contributed by atoms with Gasteiger partial charge in [-0.3, -0.25) is 0 Å². The molecule has 18 heavy (non-hydrogen) atoms. The number of hydrogen-bond donors (Lipinski definition) is 1. The number of ether oxygens (including phenoxy) is 1. The average Bonchev–Trinajstić information content (AvgIpc) is 2.87. The highest BCUT2D eigenvalue weighted by Gasteiger charge is 2.25. The van der Waals surface area contributed by atoms with Crippen molar-refractivity contribution in [1.29, 1.82) is 0 Å². The lowest BCUT2D eigenvalue weighted by molar-refractivity contribution is 0.209. The van der Waals surface area contributed by atoms with Crippen molar-refractivity contribution in [3.8, 4) is 5.75 Å². The Morgan fingerprint density at radius 3 is 2.72 bits per heavy atom. The summed E-state index contributed by atoms with van der Waals surface area (Å²) in [6.07, 6.45) is 3.83. The molecule has 0 aromatic heterocycles. The van der Waals surface area contributed by atoms with E-state index < -0.39 is 0 Å². The summed E-state index contributed by atoms with van der Waals surface area (Å²) < 4.78 is 6.18. The van der Waals surface area contributed by atoms with E-state index in [9.17, 15) is 0 Å². The van der Waals surface area contributed by atoms with Gasteiger partial charge < -0.3 is 10.1 Å². The van der Waals surface area contributed by atoms with Gasteiger partial charge in [-0.25, -0.2) is 0 Å². The van der Waals surface area contributed by atoms with Crippen LogP contribution in [-0.4, -0.2) is 19.2 Å². The van der Waals surface area contributed by atoms with Crippen molar-refractivity contribution in [2.24, 2.45) is 0 Å². The molecule has 94 valence electrons. The van der Waals surface area contributed by atoms with Gasteiger partial charge in [-0.05, 0) is 37.8 Å². The van der Waals surface area contributed by atoms with Gasteiger partial charge in [0.15, 0.2) is 0 Å². The van der Waals surface area contributed by atoms with Crippen LogP contribution in [0.3, 0.4) is 0 Å². The highest BCUT2D eigenvalue weighted by molar-refractivity contribution is 5.88. The predicted octanol–water partition coefficient (Wildman–Crippen LogP) is 3.36. The maximum atomic E-state index is 6.18. The maximum Gasteiger partial charge on any atom is 0.127 e. The fraction of sp³-hybridized carbons (Fsp3) is 0.375. The van der Waals surface area contributed by atoms with E-state index in [2.05, 4.69) is 47.8 Å². The molecule has 2 nitrogen and oxygen atoms in total. The molecule has 2 aromatic carbocycles. The second-order valence-corrected chi connectivity index (χ2v) is 5.02. The van der Waals surface area contributed by atoms with Crippen molar-refractivity contribution in [3.63, 3.8) is 0 Å². The molecule has 0 bridgehead atoms. The molecule has 1 saturated carbocycles. The van der Waals surface area contributed by atoms with Gasteiger partial charge in [-0.2, -0.15) is 0 Å². The Labute approximate surface area is 108 Å². The van der Waals surface area contributed by atoms with Crippen LogP contribution in [0.5, 0.6) is 5.75 Å². The van der Waals surface area contributed by atoms with Crippen molar-refractivity contribution in [1.82, 2.24) is 5.32 Å². The Morgan fingerprint density at radius 1 is 1.06 bits per heavy atom. The van der Waals surface area contributed by atoms with Crippen LogP contribution in [0.4, 0.5) is 0 Å². The van der Waals surface area contributed by atoms with Gasteiger partial charge in [0.05, 0.1) is 0 Å². The van der Waals surface area contributed by atoms with E-state index in [1.165, 1.54) is 17.2 Å². The number of rotatable bonds is 3. The third-order valence-electron chi connectivity index (χ3n) is 3.84. The lowest BCUT2D eigenvalue weighted by atomic mass is 10.1. The molecule has 2 aromatic rings. The summed E-state index contributed by atoms with van der Waals surface area (Å²) in [5.41, 5.74) is 0. The minimum Gasteiger partial charge on any atom is -0.490 e. The van der Waals surface area contributed by atoms with Crippen molar-refractivity contribution in [2.75, 3.05) is 7.05 Å². The number of nitrogens with one attached hydrogen (secondary N) is 1. The Kier molecular flexibility index (Phi) is 3.20. The van der Waals surface area contributed by atoms with Crippen LogP contribution in [0.1, 0.15) is 19.3 Å². The number of fused-ring (bicyclic) bond motifs is 1. The zero-order chi connectivity index (χ0) is 12.4. The Morgan fingerprint density at radius 2 is 1.89 bits per heavy atom. The summed E-state index contributed by atoms with van der Waals surface area (Å²) in [5.74, 6) is 1.02. The monoisotopic (exact) mass is 241 g/mol. The second-order valence-electron chi connectivity index (χ2n) is 5.02. The highest BCUT2D eigenvalue weighted by Crippen LogP contribution is 2.30. The first-order chi connectivity index (χ1) is 8.86. The average molecular weight is 241 g/mol. The maximum absolute atomic E-state index is 6.18. The predicted molar refractivity (Wildman–Crippen MR) is 75.1 cm³/mol. The molecule has 0 spiro atoms. The first-order valence-electron chi connectivity index (χ1n) is 6.68. The van der Waals surface area contributed by atoms with Crippen LogP contribution >= 0.6 is 0 Å². The van der Waals surface area contributed by atoms with Gasteiger partial charge >= 0.3 is 0 Å². The molecule has 1 aliphatic rings. The van der Waals surface area contributed by atoms with Crippen molar-refractivity contribution < 1.29 is 4.74 Å². The normalized spacial score (nSPS) is 23.4. The number of hydrogen-bond acceptors (Lipinski definition) is 2. The molecule has 2 unspecified atom stereocenters. The summed E-state index contributed by atoms with van der Waals surface area (Å²) in [7, 11) is 2.03. The quantitative estimate of drug-likeness (QED) is 0.889. The van der Waals surface area contributed by atoms with Crippen LogP contribution in [0.2, 0.25) is 0 Å². The summed E-state index contributed by atoms with van der Waals surface area (Å²) in [5, 5.41) is 5.80. The first kappa shape index (κ1) is 11.5. The molecule has 1 fully saturated rings. The van der Waals surface area contributed by atoms with Crippen LogP contribution in [0.25, 0.3) is 10.8 Å². The van der Waals surface area contributed by atoms with Gasteiger partial charge in [0, 0.05) is 11.4 Å². The van der Waals surface area contributed by atoms with Crippen LogP contribution in [0, 0.1) is 0 Å². The van der Waals surface area contributed by atoms with Gasteiger partial charge in [0.1, 0.15) is 11.9 Å². The van der Waals surface area contributed by atoms with Gasteiger partial charge in [0.25, 0.3) is 0 Å². The minimum absolute atomic E-state index is 0.355. The van der Waals surface area contributed by atoms with Crippen LogP contribution < -0.4 is 10.1 Å². The largest absolute Gasteiger partial charge is 0.490 e. The van der Waals surface area contributed by atoms with E-state index in [0.29, 0.717) is 12.1 Å². The fourth-order valence-electron chi connectivity index (χ4n) is 2.79. The molecule has 0 amide bonds. The lowest BCUT2D eigenvalue weighted by Gasteiger charge is -2.15. The molecule has 1 aliphatic carbocycles. The summed E-state index contributed by atoms with van der Waals surface area (Å²) in [4.78, 5) is 0.